The number of para-hydroxylation sites is 1. The van der Waals surface area contributed by atoms with Gasteiger partial charge in [-0.2, -0.15) is 5.10 Å². The number of rotatable bonds is 5. The van der Waals surface area contributed by atoms with Crippen LogP contribution in [0.15, 0.2) is 65.8 Å². The maximum atomic E-state index is 12.0. The molecule has 0 radical (unpaired) electrons. The predicted molar refractivity (Wildman–Crippen MR) is 114 cm³/mol. The van der Waals surface area contributed by atoms with Crippen molar-refractivity contribution in [3.63, 3.8) is 0 Å². The number of benzene rings is 2. The van der Waals surface area contributed by atoms with Gasteiger partial charge in [0.15, 0.2) is 0 Å². The molecule has 132 valence electrons. The lowest BCUT2D eigenvalue weighted by atomic mass is 10.1. The molecule has 0 bridgehead atoms. The molecule has 0 atom stereocenters. The third-order valence-corrected chi connectivity index (χ3v) is 5.08. The maximum Gasteiger partial charge on any atom is 0.244 e. The van der Waals surface area contributed by atoms with Crippen molar-refractivity contribution in [1.29, 1.82) is 0 Å². The monoisotopic (exact) mass is 457 g/mol. The Hall–Kier alpha value is -2.41. The number of carbonyl (C=O) groups is 1. The number of nitrogens with one attached hydrogen (secondary N) is 1. The number of aryl methyl sites for hydroxylation is 1. The molecule has 0 aliphatic rings. The van der Waals surface area contributed by atoms with Crippen molar-refractivity contribution in [2.24, 2.45) is 5.10 Å². The standard InChI is InChI=1S/C21H20IN3O/c1-15-12-18(16(2)25(15)20-11-7-6-10-19(20)22)14-23-24-21(26)13-17-8-4-3-5-9-17/h3-12,14H,13H2,1-2H3,(H,24,26)/b23-14-. The Bertz CT molecular complexity index is 945. The van der Waals surface area contributed by atoms with Crippen LogP contribution >= 0.6 is 22.6 Å². The summed E-state index contributed by atoms with van der Waals surface area (Å²) < 4.78 is 3.39. The summed E-state index contributed by atoms with van der Waals surface area (Å²) in [7, 11) is 0. The Morgan fingerprint density at radius 2 is 1.81 bits per heavy atom. The van der Waals surface area contributed by atoms with E-state index in [0.717, 1.165) is 28.2 Å². The molecule has 0 aliphatic carbocycles. The fourth-order valence-electron chi connectivity index (χ4n) is 2.92. The van der Waals surface area contributed by atoms with Crippen molar-refractivity contribution in [1.82, 2.24) is 9.99 Å². The van der Waals surface area contributed by atoms with Gasteiger partial charge in [0.1, 0.15) is 0 Å². The summed E-state index contributed by atoms with van der Waals surface area (Å²) in [4.78, 5) is 12.0. The minimum absolute atomic E-state index is 0.126. The predicted octanol–water partition coefficient (Wildman–Crippen LogP) is 4.39. The molecule has 1 heterocycles. The fraction of sp³-hybridized carbons (Fsp3) is 0.143. The first kappa shape index (κ1) is 18.4. The van der Waals surface area contributed by atoms with E-state index in [2.05, 4.69) is 69.7 Å². The van der Waals surface area contributed by atoms with E-state index in [1.54, 1.807) is 6.21 Å². The number of aromatic nitrogens is 1. The number of hydrazone groups is 1. The summed E-state index contributed by atoms with van der Waals surface area (Å²) in [5.74, 6) is -0.126. The average Bonchev–Trinajstić information content (AvgIpc) is 2.90. The number of halogens is 1. The lowest BCUT2D eigenvalue weighted by molar-refractivity contribution is -0.120. The number of carbonyl (C=O) groups excluding carboxylic acids is 1. The van der Waals surface area contributed by atoms with E-state index in [1.807, 2.05) is 42.5 Å². The quantitative estimate of drug-likeness (QED) is 0.345. The molecule has 0 spiro atoms. The van der Waals surface area contributed by atoms with Crippen molar-refractivity contribution in [3.8, 4) is 5.69 Å². The molecule has 1 N–H and O–H groups in total. The first-order chi connectivity index (χ1) is 12.6. The fourth-order valence-corrected chi connectivity index (χ4v) is 3.55. The lowest BCUT2D eigenvalue weighted by Gasteiger charge is -2.11. The van der Waals surface area contributed by atoms with E-state index >= 15 is 0 Å². The molecule has 5 heteroatoms. The van der Waals surface area contributed by atoms with E-state index in [-0.39, 0.29) is 5.91 Å². The summed E-state index contributed by atoms with van der Waals surface area (Å²) in [5, 5.41) is 4.13. The molecule has 3 rings (SSSR count). The highest BCUT2D eigenvalue weighted by atomic mass is 127. The van der Waals surface area contributed by atoms with Crippen molar-refractivity contribution >= 4 is 34.7 Å². The zero-order chi connectivity index (χ0) is 18.5. The summed E-state index contributed by atoms with van der Waals surface area (Å²) in [6.07, 6.45) is 2.02. The van der Waals surface area contributed by atoms with Crippen LogP contribution in [0, 0.1) is 17.4 Å². The normalized spacial score (nSPS) is 11.0. The number of nitrogens with zero attached hydrogens (tertiary/aromatic N) is 2. The first-order valence-corrected chi connectivity index (χ1v) is 9.44. The molecule has 1 amide bonds. The van der Waals surface area contributed by atoms with E-state index in [4.69, 9.17) is 0 Å². The van der Waals surface area contributed by atoms with Crippen molar-refractivity contribution in [2.45, 2.75) is 20.3 Å². The number of amides is 1. The molecule has 1 aromatic heterocycles. The van der Waals surface area contributed by atoms with Gasteiger partial charge >= 0.3 is 0 Å². The van der Waals surface area contributed by atoms with Crippen LogP contribution in [0.4, 0.5) is 0 Å². The van der Waals surface area contributed by atoms with Crippen molar-refractivity contribution in [2.75, 3.05) is 0 Å². The molecular weight excluding hydrogens is 437 g/mol. The zero-order valence-corrected chi connectivity index (χ0v) is 16.9. The minimum Gasteiger partial charge on any atom is -0.317 e. The van der Waals surface area contributed by atoms with Crippen LogP contribution in [0.2, 0.25) is 0 Å². The van der Waals surface area contributed by atoms with Gasteiger partial charge in [-0.3, -0.25) is 4.79 Å². The molecule has 0 aliphatic heterocycles. The van der Waals surface area contributed by atoms with Gasteiger partial charge in [0.2, 0.25) is 5.91 Å². The van der Waals surface area contributed by atoms with Crippen molar-refractivity contribution < 1.29 is 4.79 Å². The topological polar surface area (TPSA) is 46.4 Å². The SMILES string of the molecule is Cc1cc(/C=N\NC(=O)Cc2ccccc2)c(C)n1-c1ccccc1I. The number of hydrogen-bond acceptors (Lipinski definition) is 2. The van der Waals surface area contributed by atoms with Gasteiger partial charge < -0.3 is 4.57 Å². The summed E-state index contributed by atoms with van der Waals surface area (Å²) >= 11 is 2.34. The number of hydrogen-bond donors (Lipinski definition) is 1. The minimum atomic E-state index is -0.126. The Morgan fingerprint density at radius 1 is 1.12 bits per heavy atom. The van der Waals surface area contributed by atoms with Crippen LogP contribution in [0.1, 0.15) is 22.5 Å². The molecule has 0 saturated heterocycles. The van der Waals surface area contributed by atoms with Crippen LogP contribution in [-0.4, -0.2) is 16.7 Å². The van der Waals surface area contributed by atoms with Gasteiger partial charge in [-0.15, -0.1) is 0 Å². The third-order valence-electron chi connectivity index (χ3n) is 4.16. The second kappa shape index (κ2) is 8.31. The molecule has 26 heavy (non-hydrogen) atoms. The first-order valence-electron chi connectivity index (χ1n) is 8.36. The smallest absolute Gasteiger partial charge is 0.244 e. The molecule has 0 saturated carbocycles. The molecule has 0 unspecified atom stereocenters. The highest BCUT2D eigenvalue weighted by Crippen LogP contribution is 2.23. The Labute approximate surface area is 167 Å². The average molecular weight is 457 g/mol. The molecule has 3 aromatic rings. The molecular formula is C21H20IN3O. The van der Waals surface area contributed by atoms with Gasteiger partial charge in [0.05, 0.1) is 18.3 Å². The zero-order valence-electron chi connectivity index (χ0n) is 14.7. The third kappa shape index (κ3) is 4.22. The van der Waals surface area contributed by atoms with Gasteiger partial charge in [-0.25, -0.2) is 5.43 Å². The maximum absolute atomic E-state index is 12.0. The lowest BCUT2D eigenvalue weighted by Crippen LogP contribution is -2.19. The van der Waals surface area contributed by atoms with E-state index in [9.17, 15) is 4.79 Å². The molecule has 2 aromatic carbocycles. The van der Waals surface area contributed by atoms with Gasteiger partial charge in [-0.1, -0.05) is 42.5 Å². The van der Waals surface area contributed by atoms with Crippen molar-refractivity contribution in [3.05, 3.63) is 86.7 Å². The largest absolute Gasteiger partial charge is 0.317 e. The van der Waals surface area contributed by atoms with Crippen LogP contribution in [-0.2, 0) is 11.2 Å². The Kier molecular flexibility index (Phi) is 5.88. The van der Waals surface area contributed by atoms with Gasteiger partial charge in [0.25, 0.3) is 0 Å². The summed E-state index contributed by atoms with van der Waals surface area (Å²) in [5.41, 5.74) is 7.93. The second-order valence-electron chi connectivity index (χ2n) is 6.07. The van der Waals surface area contributed by atoms with Crippen LogP contribution in [0.25, 0.3) is 5.69 Å². The van der Waals surface area contributed by atoms with E-state index in [0.29, 0.717) is 6.42 Å². The molecule has 0 fully saturated rings. The summed E-state index contributed by atoms with van der Waals surface area (Å²) in [6, 6.07) is 20.0. The van der Waals surface area contributed by atoms with Crippen LogP contribution in [0.3, 0.4) is 0 Å². The van der Waals surface area contributed by atoms with E-state index in [1.165, 1.54) is 3.57 Å². The Balaban J connectivity index is 1.73. The Morgan fingerprint density at radius 3 is 2.54 bits per heavy atom. The van der Waals surface area contributed by atoms with Crippen LogP contribution < -0.4 is 5.43 Å². The van der Waals surface area contributed by atoms with Crippen LogP contribution in [0.5, 0.6) is 0 Å². The highest BCUT2D eigenvalue weighted by Gasteiger charge is 2.11. The molecule has 4 nitrogen and oxygen atoms in total. The van der Waals surface area contributed by atoms with Gasteiger partial charge in [-0.05, 0) is 60.2 Å². The summed E-state index contributed by atoms with van der Waals surface area (Å²) in [6.45, 7) is 4.13. The van der Waals surface area contributed by atoms with E-state index < -0.39 is 0 Å². The highest BCUT2D eigenvalue weighted by molar-refractivity contribution is 14.1. The second-order valence-corrected chi connectivity index (χ2v) is 7.23. The van der Waals surface area contributed by atoms with Gasteiger partial charge in [0, 0.05) is 20.5 Å².